The summed E-state index contributed by atoms with van der Waals surface area (Å²) in [6.07, 6.45) is 2.02. The van der Waals surface area contributed by atoms with E-state index in [1.165, 1.54) is 12.1 Å². The molecule has 19 heavy (non-hydrogen) atoms. The van der Waals surface area contributed by atoms with Crippen molar-refractivity contribution in [2.24, 2.45) is 0 Å². The lowest BCUT2D eigenvalue weighted by atomic mass is 9.78. The Kier molecular flexibility index (Phi) is 3.92. The van der Waals surface area contributed by atoms with Gasteiger partial charge in [0, 0.05) is 18.9 Å². The molecular formula is C15H20F2O2. The van der Waals surface area contributed by atoms with Crippen LogP contribution in [0.25, 0.3) is 0 Å². The van der Waals surface area contributed by atoms with E-state index in [9.17, 15) is 13.9 Å². The molecule has 1 saturated heterocycles. The standard InChI is InChI=1S/C15H20F2O2/c1-3-14(2)10-15(18,4-5-19-14)9-11-6-12(16)8-13(17)7-11/h6-8,18H,3-5,9-10H2,1-2H3. The van der Waals surface area contributed by atoms with Crippen molar-refractivity contribution in [3.8, 4) is 0 Å². The van der Waals surface area contributed by atoms with E-state index in [0.717, 1.165) is 12.5 Å². The first-order valence-corrected chi connectivity index (χ1v) is 6.65. The molecule has 0 amide bonds. The van der Waals surface area contributed by atoms with Gasteiger partial charge in [-0.1, -0.05) is 6.92 Å². The maximum Gasteiger partial charge on any atom is 0.126 e. The van der Waals surface area contributed by atoms with Gasteiger partial charge >= 0.3 is 0 Å². The van der Waals surface area contributed by atoms with E-state index >= 15 is 0 Å². The number of halogens is 2. The highest BCUT2D eigenvalue weighted by atomic mass is 19.1. The summed E-state index contributed by atoms with van der Waals surface area (Å²) in [7, 11) is 0. The van der Waals surface area contributed by atoms with Crippen LogP contribution in [0.2, 0.25) is 0 Å². The lowest BCUT2D eigenvalue weighted by Gasteiger charge is -2.43. The molecule has 1 heterocycles. The Morgan fingerprint density at radius 2 is 1.89 bits per heavy atom. The van der Waals surface area contributed by atoms with Gasteiger partial charge in [0.05, 0.1) is 17.8 Å². The molecule has 2 nitrogen and oxygen atoms in total. The van der Waals surface area contributed by atoms with Gasteiger partial charge in [0.1, 0.15) is 11.6 Å². The van der Waals surface area contributed by atoms with E-state index in [1.807, 2.05) is 13.8 Å². The SMILES string of the molecule is CCC1(C)CC(O)(Cc2cc(F)cc(F)c2)CCO1. The van der Waals surface area contributed by atoms with Crippen molar-refractivity contribution >= 4 is 0 Å². The summed E-state index contributed by atoms with van der Waals surface area (Å²) >= 11 is 0. The van der Waals surface area contributed by atoms with Crippen molar-refractivity contribution in [2.45, 2.75) is 50.7 Å². The van der Waals surface area contributed by atoms with Crippen LogP contribution in [0.1, 0.15) is 38.7 Å². The molecule has 2 rings (SSSR count). The average Bonchev–Trinajstić information content (AvgIpc) is 2.26. The molecule has 1 N–H and O–H groups in total. The molecule has 0 aliphatic carbocycles. The second-order valence-electron chi connectivity index (χ2n) is 5.76. The van der Waals surface area contributed by atoms with Crippen LogP contribution in [0.3, 0.4) is 0 Å². The Balaban J connectivity index is 2.16. The van der Waals surface area contributed by atoms with Gasteiger partial charge in [0.2, 0.25) is 0 Å². The first-order valence-electron chi connectivity index (χ1n) is 6.65. The Morgan fingerprint density at radius 1 is 1.26 bits per heavy atom. The largest absolute Gasteiger partial charge is 0.389 e. The zero-order valence-electron chi connectivity index (χ0n) is 11.4. The molecule has 0 aromatic heterocycles. The quantitative estimate of drug-likeness (QED) is 0.913. The molecule has 1 aliphatic rings. The van der Waals surface area contributed by atoms with E-state index in [1.54, 1.807) is 0 Å². The van der Waals surface area contributed by atoms with Gasteiger partial charge in [-0.05, 0) is 37.5 Å². The lowest BCUT2D eigenvalue weighted by molar-refractivity contribution is -0.152. The van der Waals surface area contributed by atoms with Gasteiger partial charge in [-0.15, -0.1) is 0 Å². The predicted molar refractivity (Wildman–Crippen MR) is 68.9 cm³/mol. The molecule has 0 radical (unpaired) electrons. The van der Waals surface area contributed by atoms with Crippen LogP contribution in [0.15, 0.2) is 18.2 Å². The molecule has 1 aromatic carbocycles. The highest BCUT2D eigenvalue weighted by Gasteiger charge is 2.41. The molecule has 1 fully saturated rings. The molecule has 1 aromatic rings. The number of benzene rings is 1. The maximum atomic E-state index is 13.2. The van der Waals surface area contributed by atoms with E-state index in [4.69, 9.17) is 4.74 Å². The van der Waals surface area contributed by atoms with E-state index < -0.39 is 17.2 Å². The Morgan fingerprint density at radius 3 is 2.47 bits per heavy atom. The summed E-state index contributed by atoms with van der Waals surface area (Å²) < 4.78 is 32.0. The maximum absolute atomic E-state index is 13.2. The third kappa shape index (κ3) is 3.51. The molecule has 1 aliphatic heterocycles. The van der Waals surface area contributed by atoms with Gasteiger partial charge in [-0.25, -0.2) is 8.78 Å². The van der Waals surface area contributed by atoms with Crippen molar-refractivity contribution in [1.29, 1.82) is 0 Å². The molecule has 4 heteroatoms. The lowest BCUT2D eigenvalue weighted by Crippen LogP contribution is -2.48. The predicted octanol–water partition coefficient (Wildman–Crippen LogP) is 3.22. The van der Waals surface area contributed by atoms with Crippen molar-refractivity contribution in [1.82, 2.24) is 0 Å². The number of hydrogen-bond acceptors (Lipinski definition) is 2. The Labute approximate surface area is 112 Å². The molecule has 0 spiro atoms. The summed E-state index contributed by atoms with van der Waals surface area (Å²) in [5.41, 5.74) is -0.831. The summed E-state index contributed by atoms with van der Waals surface area (Å²) in [5, 5.41) is 10.6. The van der Waals surface area contributed by atoms with Crippen LogP contribution in [-0.2, 0) is 11.2 Å². The van der Waals surface area contributed by atoms with Crippen molar-refractivity contribution in [2.75, 3.05) is 6.61 Å². The Bertz CT molecular complexity index is 443. The minimum Gasteiger partial charge on any atom is -0.389 e. The van der Waals surface area contributed by atoms with E-state index in [-0.39, 0.29) is 12.0 Å². The molecule has 0 saturated carbocycles. The topological polar surface area (TPSA) is 29.5 Å². The minimum absolute atomic E-state index is 0.251. The average molecular weight is 270 g/mol. The first kappa shape index (κ1) is 14.4. The summed E-state index contributed by atoms with van der Waals surface area (Å²) in [4.78, 5) is 0. The van der Waals surface area contributed by atoms with Crippen molar-refractivity contribution in [3.05, 3.63) is 35.4 Å². The molecule has 106 valence electrons. The van der Waals surface area contributed by atoms with E-state index in [0.29, 0.717) is 25.0 Å². The van der Waals surface area contributed by atoms with Gasteiger partial charge in [0.15, 0.2) is 0 Å². The zero-order valence-corrected chi connectivity index (χ0v) is 11.4. The highest BCUT2D eigenvalue weighted by Crippen LogP contribution is 2.36. The molecule has 0 bridgehead atoms. The van der Waals surface area contributed by atoms with Crippen LogP contribution in [0.5, 0.6) is 0 Å². The molecule has 2 atom stereocenters. The number of hydrogen-bond donors (Lipinski definition) is 1. The van der Waals surface area contributed by atoms with Crippen LogP contribution < -0.4 is 0 Å². The van der Waals surface area contributed by atoms with Crippen molar-refractivity contribution < 1.29 is 18.6 Å². The monoisotopic (exact) mass is 270 g/mol. The smallest absolute Gasteiger partial charge is 0.126 e. The fraction of sp³-hybridized carbons (Fsp3) is 0.600. The van der Waals surface area contributed by atoms with Crippen LogP contribution in [0, 0.1) is 11.6 Å². The van der Waals surface area contributed by atoms with Gasteiger partial charge in [-0.2, -0.15) is 0 Å². The number of ether oxygens (including phenoxy) is 1. The van der Waals surface area contributed by atoms with Gasteiger partial charge in [0.25, 0.3) is 0 Å². The summed E-state index contributed by atoms with van der Waals surface area (Å²) in [6, 6.07) is 3.40. The van der Waals surface area contributed by atoms with Crippen LogP contribution in [-0.4, -0.2) is 22.9 Å². The zero-order chi connectivity index (χ0) is 14.1. The fourth-order valence-electron chi connectivity index (χ4n) is 2.79. The second-order valence-corrected chi connectivity index (χ2v) is 5.76. The number of aliphatic hydroxyl groups is 1. The summed E-state index contributed by atoms with van der Waals surface area (Å²) in [6.45, 7) is 4.44. The molecule has 2 unspecified atom stereocenters. The highest BCUT2D eigenvalue weighted by molar-refractivity contribution is 5.20. The van der Waals surface area contributed by atoms with Gasteiger partial charge in [-0.3, -0.25) is 0 Å². The molecular weight excluding hydrogens is 250 g/mol. The fourth-order valence-corrected chi connectivity index (χ4v) is 2.79. The van der Waals surface area contributed by atoms with Crippen LogP contribution >= 0.6 is 0 Å². The Hall–Kier alpha value is -1.00. The van der Waals surface area contributed by atoms with Crippen molar-refractivity contribution in [3.63, 3.8) is 0 Å². The first-order chi connectivity index (χ1) is 8.84. The minimum atomic E-state index is -0.955. The summed E-state index contributed by atoms with van der Waals surface area (Å²) in [5.74, 6) is -1.21. The normalized spacial score (nSPS) is 31.4. The number of rotatable bonds is 3. The van der Waals surface area contributed by atoms with Crippen LogP contribution in [0.4, 0.5) is 8.78 Å². The van der Waals surface area contributed by atoms with Gasteiger partial charge < -0.3 is 9.84 Å². The second kappa shape index (κ2) is 5.17. The third-order valence-electron chi connectivity index (χ3n) is 3.92. The van der Waals surface area contributed by atoms with E-state index in [2.05, 4.69) is 0 Å². The third-order valence-corrected chi connectivity index (χ3v) is 3.92.